The van der Waals surface area contributed by atoms with Crippen LogP contribution in [0.15, 0.2) is 48.5 Å². The molecule has 2 amide bonds. The minimum atomic E-state index is -0.862. The highest BCUT2D eigenvalue weighted by molar-refractivity contribution is 5.84. The van der Waals surface area contributed by atoms with Gasteiger partial charge in [0.1, 0.15) is 6.61 Å². The number of rotatable bonds is 6. The number of hydrogen-bond acceptors (Lipinski definition) is 5. The number of carbonyl (C=O) groups excluding carboxylic acids is 2. The van der Waals surface area contributed by atoms with Crippen LogP contribution in [0.3, 0.4) is 0 Å². The SMILES string of the molecule is O=C(O)CC1CN(C(=O)[C@@H]2OCC[C@@H]2NC(=O)OCC2c3ccccc3-c3ccccc32)C1. The smallest absolute Gasteiger partial charge is 0.407 e. The lowest BCUT2D eigenvalue weighted by atomic mass is 9.95. The lowest BCUT2D eigenvalue weighted by Crippen LogP contribution is -2.57. The van der Waals surface area contributed by atoms with Crippen molar-refractivity contribution in [3.05, 3.63) is 59.7 Å². The van der Waals surface area contributed by atoms with Crippen molar-refractivity contribution >= 4 is 18.0 Å². The van der Waals surface area contributed by atoms with Crippen LogP contribution in [0.2, 0.25) is 0 Å². The van der Waals surface area contributed by atoms with Crippen LogP contribution in [-0.2, 0) is 19.1 Å². The van der Waals surface area contributed by atoms with Gasteiger partial charge in [0.15, 0.2) is 6.10 Å². The Labute approximate surface area is 191 Å². The van der Waals surface area contributed by atoms with Crippen molar-refractivity contribution < 1.29 is 29.0 Å². The number of ether oxygens (including phenoxy) is 2. The van der Waals surface area contributed by atoms with E-state index in [0.717, 1.165) is 22.3 Å². The maximum Gasteiger partial charge on any atom is 0.407 e. The number of fused-ring (bicyclic) bond motifs is 3. The quantitative estimate of drug-likeness (QED) is 0.701. The summed E-state index contributed by atoms with van der Waals surface area (Å²) in [6, 6.07) is 15.8. The first kappa shape index (κ1) is 21.5. The zero-order chi connectivity index (χ0) is 22.9. The molecule has 2 heterocycles. The molecular formula is C25H26N2O6. The van der Waals surface area contributed by atoms with E-state index in [-0.39, 0.29) is 30.8 Å². The fourth-order valence-corrected chi connectivity index (χ4v) is 5.08. The highest BCUT2D eigenvalue weighted by atomic mass is 16.6. The summed E-state index contributed by atoms with van der Waals surface area (Å²) in [6.07, 6.45) is -0.766. The lowest BCUT2D eigenvalue weighted by Gasteiger charge is -2.40. The molecule has 2 aromatic rings. The number of amides is 2. The molecule has 3 aliphatic rings. The van der Waals surface area contributed by atoms with Crippen LogP contribution in [0.25, 0.3) is 11.1 Å². The van der Waals surface area contributed by atoms with Gasteiger partial charge in [-0.25, -0.2) is 4.79 Å². The van der Waals surface area contributed by atoms with E-state index >= 15 is 0 Å². The van der Waals surface area contributed by atoms with Gasteiger partial charge in [-0.3, -0.25) is 9.59 Å². The summed E-state index contributed by atoms with van der Waals surface area (Å²) in [7, 11) is 0. The molecule has 0 spiro atoms. The lowest BCUT2D eigenvalue weighted by molar-refractivity contribution is -0.151. The molecule has 2 aromatic carbocycles. The van der Waals surface area contributed by atoms with Gasteiger partial charge in [-0.1, -0.05) is 48.5 Å². The third-order valence-electron chi connectivity index (χ3n) is 6.71. The summed E-state index contributed by atoms with van der Waals surface area (Å²) in [6.45, 7) is 1.39. The molecule has 0 bridgehead atoms. The molecule has 2 aliphatic heterocycles. The predicted octanol–water partition coefficient (Wildman–Crippen LogP) is 2.62. The van der Waals surface area contributed by atoms with Gasteiger partial charge in [0.05, 0.1) is 12.5 Å². The molecule has 2 N–H and O–H groups in total. The van der Waals surface area contributed by atoms with Crippen LogP contribution in [0.1, 0.15) is 29.9 Å². The highest BCUT2D eigenvalue weighted by Crippen LogP contribution is 2.44. The van der Waals surface area contributed by atoms with Crippen molar-refractivity contribution in [2.45, 2.75) is 30.9 Å². The molecule has 0 aromatic heterocycles. The Morgan fingerprint density at radius 2 is 1.67 bits per heavy atom. The Balaban J connectivity index is 1.17. The molecule has 33 heavy (non-hydrogen) atoms. The Hall–Kier alpha value is -3.39. The Kier molecular flexibility index (Phi) is 5.76. The number of aliphatic carboxylic acids is 1. The van der Waals surface area contributed by atoms with Crippen LogP contribution in [0.5, 0.6) is 0 Å². The maximum absolute atomic E-state index is 12.8. The van der Waals surface area contributed by atoms with Gasteiger partial charge in [-0.2, -0.15) is 0 Å². The summed E-state index contributed by atoms with van der Waals surface area (Å²) in [5.41, 5.74) is 4.59. The molecule has 2 fully saturated rings. The number of carboxylic acids is 1. The fraction of sp³-hybridized carbons (Fsp3) is 0.400. The van der Waals surface area contributed by atoms with E-state index in [0.29, 0.717) is 26.1 Å². The van der Waals surface area contributed by atoms with Gasteiger partial charge < -0.3 is 24.8 Å². The standard InChI is InChI=1S/C25H26N2O6/c28-22(29)11-15-12-27(13-15)24(30)23-21(9-10-32-23)26-25(31)33-14-20-18-7-3-1-5-16(18)17-6-2-4-8-19(17)20/h1-8,15,20-21,23H,9-14H2,(H,26,31)(H,28,29)/t21-,23+/m0/s1. The average Bonchev–Trinajstić information content (AvgIpc) is 3.36. The van der Waals surface area contributed by atoms with Crippen LogP contribution >= 0.6 is 0 Å². The predicted molar refractivity (Wildman–Crippen MR) is 119 cm³/mol. The molecule has 8 nitrogen and oxygen atoms in total. The molecule has 1 aliphatic carbocycles. The summed E-state index contributed by atoms with van der Waals surface area (Å²) < 4.78 is 11.2. The summed E-state index contributed by atoms with van der Waals surface area (Å²) >= 11 is 0. The third-order valence-corrected chi connectivity index (χ3v) is 6.71. The number of hydrogen-bond donors (Lipinski definition) is 2. The highest BCUT2D eigenvalue weighted by Gasteiger charge is 2.42. The van der Waals surface area contributed by atoms with Gasteiger partial charge in [0.25, 0.3) is 5.91 Å². The number of nitrogens with zero attached hydrogens (tertiary/aromatic N) is 1. The van der Waals surface area contributed by atoms with Gasteiger partial charge in [0, 0.05) is 31.5 Å². The van der Waals surface area contributed by atoms with E-state index in [1.54, 1.807) is 4.90 Å². The Bertz CT molecular complexity index is 1030. The normalized spacial score (nSPS) is 21.8. The van der Waals surface area contributed by atoms with E-state index < -0.39 is 24.2 Å². The molecule has 2 atom stereocenters. The van der Waals surface area contributed by atoms with Gasteiger partial charge in [-0.05, 0) is 28.7 Å². The van der Waals surface area contributed by atoms with E-state index in [1.165, 1.54) is 0 Å². The number of carbonyl (C=O) groups is 3. The largest absolute Gasteiger partial charge is 0.481 e. The van der Waals surface area contributed by atoms with Crippen LogP contribution in [-0.4, -0.2) is 66.4 Å². The van der Waals surface area contributed by atoms with E-state index in [1.807, 2.05) is 24.3 Å². The monoisotopic (exact) mass is 450 g/mol. The van der Waals surface area contributed by atoms with Crippen LogP contribution in [0.4, 0.5) is 4.79 Å². The van der Waals surface area contributed by atoms with Gasteiger partial charge in [-0.15, -0.1) is 0 Å². The van der Waals surface area contributed by atoms with E-state index in [4.69, 9.17) is 14.6 Å². The fourth-order valence-electron chi connectivity index (χ4n) is 5.08. The van der Waals surface area contributed by atoms with Crippen molar-refractivity contribution in [2.24, 2.45) is 5.92 Å². The molecule has 172 valence electrons. The second kappa shape index (κ2) is 8.86. The molecule has 2 saturated heterocycles. The molecule has 0 radical (unpaired) electrons. The summed E-state index contributed by atoms with van der Waals surface area (Å²) in [5.74, 6) is -1.13. The topological polar surface area (TPSA) is 105 Å². The van der Waals surface area contributed by atoms with E-state index in [9.17, 15) is 14.4 Å². The molecule has 5 rings (SSSR count). The van der Waals surface area contributed by atoms with Crippen LogP contribution in [0, 0.1) is 5.92 Å². The first-order valence-electron chi connectivity index (χ1n) is 11.2. The average molecular weight is 450 g/mol. The maximum atomic E-state index is 12.8. The Morgan fingerprint density at radius 1 is 1.03 bits per heavy atom. The van der Waals surface area contributed by atoms with Crippen LogP contribution < -0.4 is 5.32 Å². The summed E-state index contributed by atoms with van der Waals surface area (Å²) in [4.78, 5) is 37.8. The summed E-state index contributed by atoms with van der Waals surface area (Å²) in [5, 5.41) is 11.7. The zero-order valence-electron chi connectivity index (χ0n) is 18.1. The number of alkyl carbamates (subject to hydrolysis) is 1. The number of nitrogens with one attached hydrogen (secondary N) is 1. The molecule has 8 heteroatoms. The molecule has 0 saturated carbocycles. The molecule has 0 unspecified atom stereocenters. The van der Waals surface area contributed by atoms with Gasteiger partial charge >= 0.3 is 12.1 Å². The second-order valence-electron chi connectivity index (χ2n) is 8.86. The third kappa shape index (κ3) is 4.18. The van der Waals surface area contributed by atoms with Crippen molar-refractivity contribution in [1.29, 1.82) is 0 Å². The minimum absolute atomic E-state index is 0.0265. The first-order chi connectivity index (χ1) is 16.0. The zero-order valence-corrected chi connectivity index (χ0v) is 18.1. The van der Waals surface area contributed by atoms with Crippen molar-refractivity contribution in [1.82, 2.24) is 10.2 Å². The van der Waals surface area contributed by atoms with Gasteiger partial charge in [0.2, 0.25) is 0 Å². The minimum Gasteiger partial charge on any atom is -0.481 e. The Morgan fingerprint density at radius 3 is 2.30 bits per heavy atom. The van der Waals surface area contributed by atoms with E-state index in [2.05, 4.69) is 29.6 Å². The van der Waals surface area contributed by atoms with Crippen molar-refractivity contribution in [3.63, 3.8) is 0 Å². The second-order valence-corrected chi connectivity index (χ2v) is 8.86. The molecular weight excluding hydrogens is 424 g/mol. The number of likely N-dealkylation sites (tertiary alicyclic amines) is 1. The van der Waals surface area contributed by atoms with Crippen molar-refractivity contribution in [2.75, 3.05) is 26.3 Å². The number of carboxylic acid groups (broad SMARTS) is 1. The van der Waals surface area contributed by atoms with Crippen molar-refractivity contribution in [3.8, 4) is 11.1 Å². The number of benzene rings is 2. The first-order valence-corrected chi connectivity index (χ1v) is 11.2.